The first-order chi connectivity index (χ1) is 11.5. The van der Waals surface area contributed by atoms with Crippen molar-refractivity contribution < 1.29 is 19.4 Å². The number of rotatable bonds is 4. The van der Waals surface area contributed by atoms with Gasteiger partial charge in [-0.05, 0) is 31.9 Å². The zero-order valence-electron chi connectivity index (χ0n) is 13.6. The maximum atomic E-state index is 12.8. The molecule has 0 bridgehead atoms. The van der Waals surface area contributed by atoms with Gasteiger partial charge in [0, 0.05) is 6.54 Å². The van der Waals surface area contributed by atoms with Crippen molar-refractivity contribution in [2.45, 2.75) is 25.8 Å². The van der Waals surface area contributed by atoms with Gasteiger partial charge in [-0.2, -0.15) is 5.10 Å². The number of aliphatic carboxylic acids is 1. The van der Waals surface area contributed by atoms with E-state index in [4.69, 9.17) is 4.74 Å². The SMILES string of the molecule is COc1ccccc1-n1ncc(C(=O)N2CCCC2C(=O)O)c1C. The lowest BCUT2D eigenvalue weighted by Crippen LogP contribution is -2.40. The molecule has 1 amide bonds. The standard InChI is InChI=1S/C17H19N3O4/c1-11-12(16(21)19-9-5-7-14(19)17(22)23)10-18-20(11)13-6-3-4-8-15(13)24-2/h3-4,6,8,10,14H,5,7,9H2,1-2H3,(H,22,23). The Labute approximate surface area is 139 Å². The Balaban J connectivity index is 1.95. The van der Waals surface area contributed by atoms with Gasteiger partial charge in [-0.25, -0.2) is 9.48 Å². The number of nitrogens with zero attached hydrogens (tertiary/aromatic N) is 3. The molecule has 1 aromatic heterocycles. The van der Waals surface area contributed by atoms with Crippen LogP contribution in [-0.2, 0) is 4.79 Å². The second kappa shape index (κ2) is 6.35. The van der Waals surface area contributed by atoms with Crippen molar-refractivity contribution in [3.63, 3.8) is 0 Å². The lowest BCUT2D eigenvalue weighted by atomic mass is 10.2. The molecular weight excluding hydrogens is 310 g/mol. The third kappa shape index (κ3) is 2.62. The molecule has 7 nitrogen and oxygen atoms in total. The lowest BCUT2D eigenvalue weighted by molar-refractivity contribution is -0.141. The number of aromatic nitrogens is 2. The molecule has 126 valence electrons. The Bertz CT molecular complexity index is 784. The van der Waals surface area contributed by atoms with Gasteiger partial charge in [-0.15, -0.1) is 0 Å². The summed E-state index contributed by atoms with van der Waals surface area (Å²) in [6, 6.07) is 6.63. The van der Waals surface area contributed by atoms with E-state index in [0.717, 1.165) is 5.69 Å². The Hall–Kier alpha value is -2.83. The van der Waals surface area contributed by atoms with E-state index in [1.54, 1.807) is 18.7 Å². The zero-order valence-corrected chi connectivity index (χ0v) is 13.6. The van der Waals surface area contributed by atoms with Crippen LogP contribution in [-0.4, -0.2) is 51.4 Å². The van der Waals surface area contributed by atoms with Gasteiger partial charge in [-0.3, -0.25) is 4.79 Å². The van der Waals surface area contributed by atoms with Gasteiger partial charge in [0.15, 0.2) is 0 Å². The predicted molar refractivity (Wildman–Crippen MR) is 86.5 cm³/mol. The van der Waals surface area contributed by atoms with E-state index in [2.05, 4.69) is 5.10 Å². The Morgan fingerprint density at radius 1 is 1.33 bits per heavy atom. The summed E-state index contributed by atoms with van der Waals surface area (Å²) in [5.41, 5.74) is 1.79. The smallest absolute Gasteiger partial charge is 0.326 e. The van der Waals surface area contributed by atoms with E-state index < -0.39 is 12.0 Å². The number of likely N-dealkylation sites (tertiary alicyclic amines) is 1. The fourth-order valence-corrected chi connectivity index (χ4v) is 3.09. The summed E-state index contributed by atoms with van der Waals surface area (Å²) in [5.74, 6) is -0.610. The van der Waals surface area contributed by atoms with Gasteiger partial charge in [0.1, 0.15) is 17.5 Å². The minimum atomic E-state index is -0.962. The fourth-order valence-electron chi connectivity index (χ4n) is 3.09. The molecule has 1 aliphatic rings. The highest BCUT2D eigenvalue weighted by Crippen LogP contribution is 2.26. The van der Waals surface area contributed by atoms with Crippen LogP contribution < -0.4 is 4.74 Å². The largest absolute Gasteiger partial charge is 0.494 e. The molecule has 7 heteroatoms. The van der Waals surface area contributed by atoms with Crippen LogP contribution in [0, 0.1) is 6.92 Å². The summed E-state index contributed by atoms with van der Waals surface area (Å²) in [6.07, 6.45) is 2.67. The van der Waals surface area contributed by atoms with Crippen LogP contribution >= 0.6 is 0 Å². The maximum Gasteiger partial charge on any atom is 0.326 e. The molecule has 1 atom stereocenters. The number of hydrogen-bond donors (Lipinski definition) is 1. The zero-order chi connectivity index (χ0) is 17.3. The number of ether oxygens (including phenoxy) is 1. The summed E-state index contributed by atoms with van der Waals surface area (Å²) in [5, 5.41) is 13.6. The summed E-state index contributed by atoms with van der Waals surface area (Å²) < 4.78 is 6.98. The van der Waals surface area contributed by atoms with Gasteiger partial charge in [0.2, 0.25) is 0 Å². The first kappa shape index (κ1) is 16.0. The number of para-hydroxylation sites is 2. The van der Waals surface area contributed by atoms with E-state index in [9.17, 15) is 14.7 Å². The molecule has 1 aromatic carbocycles. The molecule has 3 rings (SSSR count). The van der Waals surface area contributed by atoms with Crippen LogP contribution in [0.25, 0.3) is 5.69 Å². The number of amides is 1. The molecule has 0 aliphatic carbocycles. The van der Waals surface area contributed by atoms with E-state index >= 15 is 0 Å². The van der Waals surface area contributed by atoms with Gasteiger partial charge >= 0.3 is 5.97 Å². The highest BCUT2D eigenvalue weighted by molar-refractivity contribution is 5.97. The van der Waals surface area contributed by atoms with E-state index in [1.807, 2.05) is 24.3 Å². The van der Waals surface area contributed by atoms with E-state index in [0.29, 0.717) is 36.4 Å². The molecule has 1 unspecified atom stereocenters. The number of carboxylic acids is 1. The third-order valence-corrected chi connectivity index (χ3v) is 4.35. The summed E-state index contributed by atoms with van der Waals surface area (Å²) in [4.78, 5) is 25.5. The Morgan fingerprint density at radius 2 is 2.08 bits per heavy atom. The minimum Gasteiger partial charge on any atom is -0.494 e. The number of hydrogen-bond acceptors (Lipinski definition) is 4. The Kier molecular flexibility index (Phi) is 4.24. The quantitative estimate of drug-likeness (QED) is 0.926. The average molecular weight is 329 g/mol. The average Bonchev–Trinajstić information content (AvgIpc) is 3.21. The summed E-state index contributed by atoms with van der Waals surface area (Å²) >= 11 is 0. The molecule has 2 heterocycles. The lowest BCUT2D eigenvalue weighted by Gasteiger charge is -2.21. The topological polar surface area (TPSA) is 84.7 Å². The van der Waals surface area contributed by atoms with E-state index in [1.165, 1.54) is 11.1 Å². The first-order valence-electron chi connectivity index (χ1n) is 7.76. The molecule has 24 heavy (non-hydrogen) atoms. The van der Waals surface area contributed by atoms with Crippen molar-refractivity contribution in [2.24, 2.45) is 0 Å². The summed E-state index contributed by atoms with van der Waals surface area (Å²) in [6.45, 7) is 2.24. The predicted octanol–water partition coefficient (Wildman–Crippen LogP) is 1.88. The number of carbonyl (C=O) groups is 2. The molecule has 1 saturated heterocycles. The van der Waals surface area contributed by atoms with Crippen LogP contribution in [0.4, 0.5) is 0 Å². The van der Waals surface area contributed by atoms with Crippen LogP contribution in [0.5, 0.6) is 5.75 Å². The maximum absolute atomic E-state index is 12.8. The minimum absolute atomic E-state index is 0.293. The van der Waals surface area contributed by atoms with Gasteiger partial charge in [0.25, 0.3) is 5.91 Å². The van der Waals surface area contributed by atoms with Crippen molar-refractivity contribution in [2.75, 3.05) is 13.7 Å². The second-order valence-electron chi connectivity index (χ2n) is 5.72. The van der Waals surface area contributed by atoms with Crippen molar-refractivity contribution in [3.8, 4) is 11.4 Å². The van der Waals surface area contributed by atoms with Crippen molar-refractivity contribution in [3.05, 3.63) is 41.7 Å². The molecule has 1 fully saturated rings. The van der Waals surface area contributed by atoms with Crippen molar-refractivity contribution in [1.82, 2.24) is 14.7 Å². The van der Waals surface area contributed by atoms with E-state index in [-0.39, 0.29) is 5.91 Å². The molecule has 0 saturated carbocycles. The third-order valence-electron chi connectivity index (χ3n) is 4.35. The van der Waals surface area contributed by atoms with Crippen LogP contribution in [0.1, 0.15) is 28.9 Å². The molecule has 1 aliphatic heterocycles. The monoisotopic (exact) mass is 329 g/mol. The normalized spacial score (nSPS) is 17.1. The van der Waals surface area contributed by atoms with Crippen LogP contribution in [0.2, 0.25) is 0 Å². The molecule has 0 spiro atoms. The molecule has 1 N–H and O–H groups in total. The van der Waals surface area contributed by atoms with Gasteiger partial charge in [-0.1, -0.05) is 12.1 Å². The summed E-state index contributed by atoms with van der Waals surface area (Å²) in [7, 11) is 1.57. The van der Waals surface area contributed by atoms with Crippen LogP contribution in [0.3, 0.4) is 0 Å². The highest BCUT2D eigenvalue weighted by Gasteiger charge is 2.35. The highest BCUT2D eigenvalue weighted by atomic mass is 16.5. The van der Waals surface area contributed by atoms with Gasteiger partial charge in [0.05, 0.1) is 24.6 Å². The molecule has 0 radical (unpaired) electrons. The number of methoxy groups -OCH3 is 1. The molecular formula is C17H19N3O4. The number of carboxylic acid groups (broad SMARTS) is 1. The van der Waals surface area contributed by atoms with Crippen molar-refractivity contribution in [1.29, 1.82) is 0 Å². The first-order valence-corrected chi connectivity index (χ1v) is 7.76. The van der Waals surface area contributed by atoms with Crippen LogP contribution in [0.15, 0.2) is 30.5 Å². The fraction of sp³-hybridized carbons (Fsp3) is 0.353. The van der Waals surface area contributed by atoms with Crippen molar-refractivity contribution >= 4 is 11.9 Å². The Morgan fingerprint density at radius 3 is 2.79 bits per heavy atom. The number of carbonyl (C=O) groups excluding carboxylic acids is 1. The van der Waals surface area contributed by atoms with Gasteiger partial charge < -0.3 is 14.7 Å². The second-order valence-corrected chi connectivity index (χ2v) is 5.72. The number of benzene rings is 1. The molecule has 2 aromatic rings.